The van der Waals surface area contributed by atoms with Crippen LogP contribution in [-0.4, -0.2) is 29.9 Å². The Morgan fingerprint density at radius 2 is 1.79 bits per heavy atom. The van der Waals surface area contributed by atoms with Crippen molar-refractivity contribution in [3.63, 3.8) is 0 Å². The minimum absolute atomic E-state index is 0.0608. The van der Waals surface area contributed by atoms with E-state index in [9.17, 15) is 14.4 Å². The summed E-state index contributed by atoms with van der Waals surface area (Å²) < 4.78 is 14.8. The van der Waals surface area contributed by atoms with Crippen molar-refractivity contribution in [2.75, 3.05) is 6.61 Å². The van der Waals surface area contributed by atoms with Crippen LogP contribution in [0.3, 0.4) is 0 Å². The Morgan fingerprint density at radius 3 is 2.32 bits per heavy atom. The van der Waals surface area contributed by atoms with E-state index in [0.717, 1.165) is 0 Å². The van der Waals surface area contributed by atoms with Crippen LogP contribution in [0.4, 0.5) is 0 Å². The van der Waals surface area contributed by atoms with Gasteiger partial charge >= 0.3 is 11.9 Å². The summed E-state index contributed by atoms with van der Waals surface area (Å²) in [5.74, 6) is -1.88. The molecular formula is C13H16O6. The summed E-state index contributed by atoms with van der Waals surface area (Å²) in [7, 11) is 0. The van der Waals surface area contributed by atoms with Gasteiger partial charge in [-0.3, -0.25) is 9.59 Å². The molecule has 0 amide bonds. The van der Waals surface area contributed by atoms with Gasteiger partial charge < -0.3 is 13.9 Å². The lowest BCUT2D eigenvalue weighted by atomic mass is 10.0. The highest BCUT2D eigenvalue weighted by Gasteiger charge is 2.34. The molecule has 0 bridgehead atoms. The Bertz CT molecular complexity index is 497. The molecule has 0 saturated carbocycles. The lowest BCUT2D eigenvalue weighted by molar-refractivity contribution is -0.149. The third-order valence-corrected chi connectivity index (χ3v) is 2.25. The smallest absolute Gasteiger partial charge is 0.374 e. The molecule has 0 aliphatic carbocycles. The Kier molecular flexibility index (Phi) is 4.47. The maximum atomic E-state index is 12.1. The molecular weight excluding hydrogens is 252 g/mol. The van der Waals surface area contributed by atoms with Crippen molar-refractivity contribution in [2.45, 2.75) is 33.3 Å². The number of ether oxygens (including phenoxy) is 2. The van der Waals surface area contributed by atoms with E-state index >= 15 is 0 Å². The normalized spacial score (nSPS) is 10.9. The predicted octanol–water partition coefficient (Wildman–Crippen LogP) is 1.98. The zero-order chi connectivity index (χ0) is 14.6. The highest BCUT2D eigenvalue weighted by molar-refractivity contribution is 6.01. The van der Waals surface area contributed by atoms with Crippen molar-refractivity contribution < 1.29 is 28.3 Å². The topological polar surface area (TPSA) is 82.8 Å². The van der Waals surface area contributed by atoms with Gasteiger partial charge in [-0.2, -0.15) is 0 Å². The molecule has 1 aromatic heterocycles. The second-order valence-electron chi connectivity index (χ2n) is 4.32. The van der Waals surface area contributed by atoms with Gasteiger partial charge in [0, 0.05) is 6.92 Å². The second-order valence-corrected chi connectivity index (χ2v) is 4.32. The first-order valence-corrected chi connectivity index (χ1v) is 5.79. The Hall–Kier alpha value is -2.11. The average Bonchev–Trinajstić information content (AvgIpc) is 2.75. The zero-order valence-corrected chi connectivity index (χ0v) is 11.3. The van der Waals surface area contributed by atoms with Crippen molar-refractivity contribution in [3.05, 3.63) is 23.7 Å². The molecule has 0 aliphatic rings. The monoisotopic (exact) mass is 268 g/mol. The Morgan fingerprint density at radius 1 is 1.21 bits per heavy atom. The molecule has 6 heteroatoms. The molecule has 1 heterocycles. The lowest BCUT2D eigenvalue weighted by Gasteiger charge is -2.21. The number of Topliss-reactive ketones (excluding diaryl/α,β-unsaturated/α-hetero) is 1. The molecule has 0 atom stereocenters. The molecule has 6 nitrogen and oxygen atoms in total. The van der Waals surface area contributed by atoms with E-state index in [1.807, 2.05) is 0 Å². The van der Waals surface area contributed by atoms with E-state index in [2.05, 4.69) is 0 Å². The number of esters is 2. The summed E-state index contributed by atoms with van der Waals surface area (Å²) in [4.78, 5) is 34.4. The van der Waals surface area contributed by atoms with Crippen molar-refractivity contribution in [1.29, 1.82) is 0 Å². The molecule has 1 aromatic rings. The largest absolute Gasteiger partial charge is 0.460 e. The van der Waals surface area contributed by atoms with E-state index in [-0.39, 0.29) is 18.1 Å². The molecule has 19 heavy (non-hydrogen) atoms. The van der Waals surface area contributed by atoms with Gasteiger partial charge in [0.1, 0.15) is 0 Å². The van der Waals surface area contributed by atoms with Crippen LogP contribution in [0.5, 0.6) is 0 Å². The number of ketones is 1. The Labute approximate surface area is 110 Å². The average molecular weight is 268 g/mol. The molecule has 0 unspecified atom stereocenters. The summed E-state index contributed by atoms with van der Waals surface area (Å²) in [6, 6.07) is 2.69. The number of rotatable bonds is 5. The van der Waals surface area contributed by atoms with Gasteiger partial charge in [0.2, 0.25) is 11.5 Å². The standard InChI is InChI=1S/C13H16O6/c1-5-17-12(16)10-7-6-9(18-10)11(15)13(3,4)19-8(2)14/h6-7H,5H2,1-4H3. The molecule has 0 spiro atoms. The van der Waals surface area contributed by atoms with E-state index in [1.165, 1.54) is 32.9 Å². The minimum atomic E-state index is -1.35. The van der Waals surface area contributed by atoms with Crippen LogP contribution >= 0.6 is 0 Å². The van der Waals surface area contributed by atoms with Crippen molar-refractivity contribution in [1.82, 2.24) is 0 Å². The van der Waals surface area contributed by atoms with Crippen molar-refractivity contribution >= 4 is 17.7 Å². The molecule has 1 rings (SSSR count). The number of hydrogen-bond acceptors (Lipinski definition) is 6. The van der Waals surface area contributed by atoms with Gasteiger partial charge in [-0.05, 0) is 32.9 Å². The molecule has 0 N–H and O–H groups in total. The third-order valence-electron chi connectivity index (χ3n) is 2.25. The predicted molar refractivity (Wildman–Crippen MR) is 64.8 cm³/mol. The maximum absolute atomic E-state index is 12.1. The van der Waals surface area contributed by atoms with Crippen LogP contribution in [0.25, 0.3) is 0 Å². The first-order valence-electron chi connectivity index (χ1n) is 5.79. The number of hydrogen-bond donors (Lipinski definition) is 0. The number of carbonyl (C=O) groups excluding carboxylic acids is 3. The van der Waals surface area contributed by atoms with E-state index in [1.54, 1.807) is 6.92 Å². The molecule has 0 aliphatic heterocycles. The van der Waals surface area contributed by atoms with Crippen molar-refractivity contribution in [2.24, 2.45) is 0 Å². The fourth-order valence-electron chi connectivity index (χ4n) is 1.47. The van der Waals surface area contributed by atoms with E-state index in [0.29, 0.717) is 0 Å². The van der Waals surface area contributed by atoms with Gasteiger partial charge in [-0.1, -0.05) is 0 Å². The molecule has 0 fully saturated rings. The quantitative estimate of drug-likeness (QED) is 0.599. The second kappa shape index (κ2) is 5.69. The number of furan rings is 1. The number of carbonyl (C=O) groups is 3. The van der Waals surface area contributed by atoms with Crippen LogP contribution in [0.15, 0.2) is 16.5 Å². The van der Waals surface area contributed by atoms with Crippen molar-refractivity contribution in [3.8, 4) is 0 Å². The van der Waals surface area contributed by atoms with Gasteiger partial charge in [-0.25, -0.2) is 4.79 Å². The van der Waals surface area contributed by atoms with Gasteiger partial charge in [0.15, 0.2) is 11.4 Å². The van der Waals surface area contributed by atoms with E-state index < -0.39 is 23.3 Å². The molecule has 0 aromatic carbocycles. The molecule has 104 valence electrons. The summed E-state index contributed by atoms with van der Waals surface area (Å²) >= 11 is 0. The molecule has 0 saturated heterocycles. The summed E-state index contributed by atoms with van der Waals surface area (Å²) in [6.45, 7) is 5.98. The highest BCUT2D eigenvalue weighted by atomic mass is 16.6. The fraction of sp³-hybridized carbons (Fsp3) is 0.462. The van der Waals surface area contributed by atoms with Crippen LogP contribution < -0.4 is 0 Å². The van der Waals surface area contributed by atoms with Crippen LogP contribution in [-0.2, 0) is 14.3 Å². The Balaban J connectivity index is 2.89. The summed E-state index contributed by atoms with van der Waals surface area (Å²) in [5.41, 5.74) is -1.35. The fourth-order valence-corrected chi connectivity index (χ4v) is 1.47. The van der Waals surface area contributed by atoms with Crippen LogP contribution in [0.2, 0.25) is 0 Å². The zero-order valence-electron chi connectivity index (χ0n) is 11.3. The summed E-state index contributed by atoms with van der Waals surface area (Å²) in [6.07, 6.45) is 0. The highest BCUT2D eigenvalue weighted by Crippen LogP contribution is 2.20. The van der Waals surface area contributed by atoms with Gasteiger partial charge in [0.05, 0.1) is 6.61 Å². The van der Waals surface area contributed by atoms with Crippen LogP contribution in [0.1, 0.15) is 48.8 Å². The van der Waals surface area contributed by atoms with Gasteiger partial charge in [0.25, 0.3) is 0 Å². The SMILES string of the molecule is CCOC(=O)c1ccc(C(=O)C(C)(C)OC(C)=O)o1. The summed E-state index contributed by atoms with van der Waals surface area (Å²) in [5, 5.41) is 0. The first kappa shape index (κ1) is 14.9. The minimum Gasteiger partial charge on any atom is -0.460 e. The third kappa shape index (κ3) is 3.67. The molecule has 0 radical (unpaired) electrons. The van der Waals surface area contributed by atoms with Gasteiger partial charge in [-0.15, -0.1) is 0 Å². The van der Waals surface area contributed by atoms with Crippen LogP contribution in [0, 0.1) is 0 Å². The van der Waals surface area contributed by atoms with E-state index in [4.69, 9.17) is 13.9 Å². The maximum Gasteiger partial charge on any atom is 0.374 e. The first-order chi connectivity index (χ1) is 8.77. The lowest BCUT2D eigenvalue weighted by Crippen LogP contribution is -2.36.